The normalized spacial score (nSPS) is 11.6. The minimum atomic E-state index is -4.17. The fraction of sp³-hybridized carbons (Fsp3) is 0.500. The van der Waals surface area contributed by atoms with E-state index in [4.69, 9.17) is 4.74 Å². The minimum absolute atomic E-state index is 0.205. The second-order valence-electron chi connectivity index (χ2n) is 3.97. The average Bonchev–Trinajstić information content (AvgIpc) is 2.20. The summed E-state index contributed by atoms with van der Waals surface area (Å²) in [6, 6.07) is 3.68. The van der Waals surface area contributed by atoms with Crippen LogP contribution in [0.25, 0.3) is 0 Å². The van der Waals surface area contributed by atoms with Crippen molar-refractivity contribution < 1.29 is 17.9 Å². The Balaban J connectivity index is 2.69. The maximum Gasteiger partial charge on any atom is 0.401 e. The summed E-state index contributed by atoms with van der Waals surface area (Å²) in [5, 5.41) is 2.38. The zero-order valence-corrected chi connectivity index (χ0v) is 10.1. The molecule has 2 nitrogen and oxygen atoms in total. The van der Waals surface area contributed by atoms with E-state index in [-0.39, 0.29) is 6.54 Å². The van der Waals surface area contributed by atoms with Crippen LogP contribution in [0.1, 0.15) is 16.7 Å². The first kappa shape index (κ1) is 13.8. The smallest absolute Gasteiger partial charge is 0.401 e. The maximum atomic E-state index is 12.0. The van der Waals surface area contributed by atoms with Crippen LogP contribution in [0, 0.1) is 13.8 Å². The molecule has 0 aliphatic rings. The van der Waals surface area contributed by atoms with Crippen molar-refractivity contribution in [3.05, 3.63) is 28.8 Å². The van der Waals surface area contributed by atoms with E-state index >= 15 is 0 Å². The summed E-state index contributed by atoms with van der Waals surface area (Å²) in [4.78, 5) is 0. The summed E-state index contributed by atoms with van der Waals surface area (Å²) in [6.45, 7) is 2.95. The molecule has 0 aliphatic heterocycles. The van der Waals surface area contributed by atoms with Crippen molar-refractivity contribution in [2.45, 2.75) is 26.6 Å². The number of hydrogen-bond acceptors (Lipinski definition) is 2. The highest BCUT2D eigenvalue weighted by molar-refractivity contribution is 5.41. The third kappa shape index (κ3) is 4.26. The molecule has 0 heterocycles. The van der Waals surface area contributed by atoms with Crippen LogP contribution in [0.4, 0.5) is 13.2 Å². The lowest BCUT2D eigenvalue weighted by atomic mass is 10.0. The number of alkyl halides is 3. The predicted molar refractivity (Wildman–Crippen MR) is 60.2 cm³/mol. The van der Waals surface area contributed by atoms with Crippen molar-refractivity contribution in [1.82, 2.24) is 5.32 Å². The fourth-order valence-electron chi connectivity index (χ4n) is 1.60. The van der Waals surface area contributed by atoms with Crippen LogP contribution < -0.4 is 10.1 Å². The molecular formula is C12H16F3NO. The Morgan fingerprint density at radius 3 is 2.35 bits per heavy atom. The number of rotatable bonds is 4. The largest absolute Gasteiger partial charge is 0.496 e. The minimum Gasteiger partial charge on any atom is -0.496 e. The highest BCUT2D eigenvalue weighted by Crippen LogP contribution is 2.22. The molecule has 0 unspecified atom stereocenters. The Hall–Kier alpha value is -1.23. The molecule has 96 valence electrons. The summed E-state index contributed by atoms with van der Waals surface area (Å²) < 4.78 is 41.1. The number of hydrogen-bond donors (Lipinski definition) is 1. The van der Waals surface area contributed by atoms with Gasteiger partial charge in [0.05, 0.1) is 13.7 Å². The van der Waals surface area contributed by atoms with E-state index in [1.807, 2.05) is 26.0 Å². The quantitative estimate of drug-likeness (QED) is 0.883. The average molecular weight is 247 g/mol. The standard InChI is InChI=1S/C12H16F3NO/c1-8-5-11(17-3)9(2)4-10(8)6-16-7-12(13,14)15/h4-5,16H,6-7H2,1-3H3. The molecule has 0 aliphatic carbocycles. The Bertz CT molecular complexity index is 388. The van der Waals surface area contributed by atoms with E-state index in [2.05, 4.69) is 5.32 Å². The van der Waals surface area contributed by atoms with Crippen LogP contribution >= 0.6 is 0 Å². The molecule has 5 heteroatoms. The number of ether oxygens (including phenoxy) is 1. The van der Waals surface area contributed by atoms with E-state index in [1.165, 1.54) is 0 Å². The summed E-state index contributed by atoms with van der Waals surface area (Å²) in [7, 11) is 1.57. The van der Waals surface area contributed by atoms with Gasteiger partial charge >= 0.3 is 6.18 Å². The lowest BCUT2D eigenvalue weighted by Crippen LogP contribution is -2.28. The summed E-state index contributed by atoms with van der Waals surface area (Å²) >= 11 is 0. The van der Waals surface area contributed by atoms with Crippen molar-refractivity contribution in [1.29, 1.82) is 0 Å². The summed E-state index contributed by atoms with van der Waals surface area (Å²) in [6.07, 6.45) is -4.17. The van der Waals surface area contributed by atoms with Gasteiger partial charge in [-0.2, -0.15) is 13.2 Å². The van der Waals surface area contributed by atoms with Gasteiger partial charge in [0.15, 0.2) is 0 Å². The van der Waals surface area contributed by atoms with E-state index in [9.17, 15) is 13.2 Å². The number of methoxy groups -OCH3 is 1. The molecule has 0 amide bonds. The van der Waals surface area contributed by atoms with Crippen molar-refractivity contribution in [3.8, 4) is 5.75 Å². The number of aryl methyl sites for hydroxylation is 2. The van der Waals surface area contributed by atoms with Gasteiger partial charge in [-0.15, -0.1) is 0 Å². The SMILES string of the molecule is COc1cc(C)c(CNCC(F)(F)F)cc1C. The molecule has 0 spiro atoms. The lowest BCUT2D eigenvalue weighted by molar-refractivity contribution is -0.125. The number of halogens is 3. The highest BCUT2D eigenvalue weighted by Gasteiger charge is 2.26. The van der Waals surface area contributed by atoms with Crippen LogP contribution in [0.15, 0.2) is 12.1 Å². The van der Waals surface area contributed by atoms with Gasteiger partial charge in [-0.25, -0.2) is 0 Å². The molecule has 0 aromatic heterocycles. The van der Waals surface area contributed by atoms with Crippen LogP contribution in [-0.4, -0.2) is 19.8 Å². The molecular weight excluding hydrogens is 231 g/mol. The van der Waals surface area contributed by atoms with Gasteiger partial charge < -0.3 is 10.1 Å². The van der Waals surface area contributed by atoms with Gasteiger partial charge in [0.25, 0.3) is 0 Å². The molecule has 1 N–H and O–H groups in total. The first-order valence-electron chi connectivity index (χ1n) is 5.25. The fourth-order valence-corrected chi connectivity index (χ4v) is 1.60. The Kier molecular flexibility index (Phi) is 4.40. The van der Waals surface area contributed by atoms with Gasteiger partial charge in [0.1, 0.15) is 5.75 Å². The second-order valence-corrected chi connectivity index (χ2v) is 3.97. The number of nitrogens with one attached hydrogen (secondary N) is 1. The van der Waals surface area contributed by atoms with Crippen LogP contribution in [0.5, 0.6) is 5.75 Å². The third-order valence-corrected chi connectivity index (χ3v) is 2.49. The van der Waals surface area contributed by atoms with Gasteiger partial charge in [-0.3, -0.25) is 0 Å². The molecule has 0 saturated carbocycles. The molecule has 0 bridgehead atoms. The summed E-state index contributed by atoms with van der Waals surface area (Å²) in [5.41, 5.74) is 2.69. The maximum absolute atomic E-state index is 12.0. The first-order valence-corrected chi connectivity index (χ1v) is 5.25. The van der Waals surface area contributed by atoms with Crippen molar-refractivity contribution in [2.24, 2.45) is 0 Å². The van der Waals surface area contributed by atoms with Gasteiger partial charge in [-0.1, -0.05) is 6.07 Å². The molecule has 1 rings (SSSR count). The van der Waals surface area contributed by atoms with E-state index in [0.29, 0.717) is 0 Å². The van der Waals surface area contributed by atoms with Gasteiger partial charge in [0.2, 0.25) is 0 Å². The topological polar surface area (TPSA) is 21.3 Å². The molecule has 0 atom stereocenters. The van der Waals surface area contributed by atoms with E-state index < -0.39 is 12.7 Å². The predicted octanol–water partition coefficient (Wildman–Crippen LogP) is 2.96. The lowest BCUT2D eigenvalue weighted by Gasteiger charge is -2.13. The van der Waals surface area contributed by atoms with E-state index in [1.54, 1.807) is 7.11 Å². The molecule has 1 aromatic carbocycles. The summed E-state index contributed by atoms with van der Waals surface area (Å²) in [5.74, 6) is 0.752. The van der Waals surface area contributed by atoms with Gasteiger partial charge in [-0.05, 0) is 36.6 Å². The molecule has 17 heavy (non-hydrogen) atoms. The molecule has 0 radical (unpaired) electrons. The zero-order chi connectivity index (χ0) is 13.1. The monoisotopic (exact) mass is 247 g/mol. The molecule has 1 aromatic rings. The molecule has 0 saturated heterocycles. The van der Waals surface area contributed by atoms with Crippen LogP contribution in [0.2, 0.25) is 0 Å². The van der Waals surface area contributed by atoms with Gasteiger partial charge in [0, 0.05) is 6.54 Å². The zero-order valence-electron chi connectivity index (χ0n) is 10.1. The second kappa shape index (κ2) is 5.40. The third-order valence-electron chi connectivity index (χ3n) is 2.49. The van der Waals surface area contributed by atoms with Crippen LogP contribution in [-0.2, 0) is 6.54 Å². The van der Waals surface area contributed by atoms with Crippen molar-refractivity contribution >= 4 is 0 Å². The Morgan fingerprint density at radius 1 is 1.18 bits per heavy atom. The number of benzene rings is 1. The Morgan fingerprint density at radius 2 is 1.82 bits per heavy atom. The van der Waals surface area contributed by atoms with Crippen LogP contribution in [0.3, 0.4) is 0 Å². The molecule has 0 fully saturated rings. The van der Waals surface area contributed by atoms with Crippen molar-refractivity contribution in [2.75, 3.05) is 13.7 Å². The highest BCUT2D eigenvalue weighted by atomic mass is 19.4. The van der Waals surface area contributed by atoms with Crippen molar-refractivity contribution in [3.63, 3.8) is 0 Å². The Labute approximate surface area is 98.8 Å². The first-order chi connectivity index (χ1) is 7.83. The van der Waals surface area contributed by atoms with E-state index in [0.717, 1.165) is 22.4 Å².